The molecule has 0 aliphatic carbocycles. The van der Waals surface area contributed by atoms with E-state index >= 15 is 0 Å². The number of unbranched alkanes of at least 4 members (excludes halogenated alkanes) is 2. The van der Waals surface area contributed by atoms with Crippen LogP contribution in [0.5, 0.6) is 5.75 Å². The van der Waals surface area contributed by atoms with Gasteiger partial charge in [0, 0.05) is 18.6 Å². The third kappa shape index (κ3) is 5.34. The molecule has 2 rings (SSSR count). The zero-order valence-corrected chi connectivity index (χ0v) is 12.7. The molecule has 0 spiro atoms. The summed E-state index contributed by atoms with van der Waals surface area (Å²) in [5.41, 5.74) is 1.84. The minimum absolute atomic E-state index is 0.146. The Labute approximate surface area is 131 Å². The van der Waals surface area contributed by atoms with Gasteiger partial charge in [0.15, 0.2) is 5.78 Å². The van der Waals surface area contributed by atoms with Crippen molar-refractivity contribution < 1.29 is 14.6 Å². The van der Waals surface area contributed by atoms with Crippen LogP contribution in [0.3, 0.4) is 0 Å². The predicted octanol–water partition coefficient (Wildman–Crippen LogP) is 4.00. The zero-order chi connectivity index (χ0) is 15.6. The first-order chi connectivity index (χ1) is 10.8. The van der Waals surface area contributed by atoms with Gasteiger partial charge >= 0.3 is 0 Å². The van der Waals surface area contributed by atoms with E-state index in [1.807, 2.05) is 54.6 Å². The van der Waals surface area contributed by atoms with Crippen molar-refractivity contribution in [3.05, 3.63) is 65.7 Å². The van der Waals surface area contributed by atoms with Gasteiger partial charge in [0.25, 0.3) is 0 Å². The molecule has 0 atom stereocenters. The number of carbonyl (C=O) groups excluding carboxylic acids is 1. The van der Waals surface area contributed by atoms with E-state index in [0.29, 0.717) is 13.0 Å². The number of rotatable bonds is 9. The smallest absolute Gasteiger partial charge is 0.162 e. The number of hydrogen-bond acceptors (Lipinski definition) is 3. The van der Waals surface area contributed by atoms with E-state index in [2.05, 4.69) is 0 Å². The lowest BCUT2D eigenvalue weighted by molar-refractivity contribution is 0.0978. The van der Waals surface area contributed by atoms with Crippen LogP contribution in [0.4, 0.5) is 0 Å². The minimum atomic E-state index is 0.146. The normalized spacial score (nSPS) is 10.4. The maximum absolute atomic E-state index is 12.0. The van der Waals surface area contributed by atoms with Crippen LogP contribution in [0, 0.1) is 0 Å². The second-order valence-corrected chi connectivity index (χ2v) is 5.26. The number of Topliss-reactive ketones (excluding diaryl/α,β-unsaturated/α-hetero) is 1. The molecular weight excluding hydrogens is 276 g/mol. The average molecular weight is 298 g/mol. The molecule has 116 valence electrons. The molecule has 0 amide bonds. The maximum Gasteiger partial charge on any atom is 0.162 e. The Hall–Kier alpha value is -2.13. The molecule has 0 bridgehead atoms. The molecular formula is C19H22O3. The fourth-order valence-corrected chi connectivity index (χ4v) is 2.20. The quantitative estimate of drug-likeness (QED) is 0.562. The topological polar surface area (TPSA) is 46.5 Å². The van der Waals surface area contributed by atoms with Crippen molar-refractivity contribution in [1.29, 1.82) is 0 Å². The second kappa shape index (κ2) is 9.00. The largest absolute Gasteiger partial charge is 0.489 e. The van der Waals surface area contributed by atoms with Gasteiger partial charge in [-0.1, -0.05) is 36.8 Å². The van der Waals surface area contributed by atoms with Gasteiger partial charge in [-0.15, -0.1) is 0 Å². The molecule has 0 heterocycles. The average Bonchev–Trinajstić information content (AvgIpc) is 2.58. The Morgan fingerprint density at radius 3 is 2.32 bits per heavy atom. The molecule has 0 aliphatic rings. The van der Waals surface area contributed by atoms with E-state index in [-0.39, 0.29) is 12.4 Å². The molecule has 3 nitrogen and oxygen atoms in total. The Balaban J connectivity index is 1.81. The number of ketones is 1. The van der Waals surface area contributed by atoms with Crippen molar-refractivity contribution in [2.75, 3.05) is 6.61 Å². The maximum atomic E-state index is 12.0. The number of benzene rings is 2. The van der Waals surface area contributed by atoms with Crippen LogP contribution in [-0.2, 0) is 6.61 Å². The van der Waals surface area contributed by atoms with Crippen LogP contribution >= 0.6 is 0 Å². The van der Waals surface area contributed by atoms with Crippen LogP contribution in [0.2, 0.25) is 0 Å². The molecule has 0 saturated carbocycles. The Kier molecular flexibility index (Phi) is 6.65. The van der Waals surface area contributed by atoms with E-state index in [1.54, 1.807) is 0 Å². The van der Waals surface area contributed by atoms with Crippen molar-refractivity contribution in [1.82, 2.24) is 0 Å². The summed E-state index contributed by atoms with van der Waals surface area (Å²) >= 11 is 0. The third-order valence-electron chi connectivity index (χ3n) is 3.49. The molecule has 0 aliphatic heterocycles. The second-order valence-electron chi connectivity index (χ2n) is 5.26. The third-order valence-corrected chi connectivity index (χ3v) is 3.49. The van der Waals surface area contributed by atoms with Crippen LogP contribution in [-0.4, -0.2) is 17.5 Å². The van der Waals surface area contributed by atoms with Crippen LogP contribution in [0.15, 0.2) is 54.6 Å². The summed E-state index contributed by atoms with van der Waals surface area (Å²) in [5.74, 6) is 0.910. The summed E-state index contributed by atoms with van der Waals surface area (Å²) in [6, 6.07) is 17.3. The molecule has 22 heavy (non-hydrogen) atoms. The van der Waals surface area contributed by atoms with E-state index in [0.717, 1.165) is 36.1 Å². The van der Waals surface area contributed by atoms with Crippen LogP contribution < -0.4 is 4.74 Å². The van der Waals surface area contributed by atoms with Crippen molar-refractivity contribution >= 4 is 5.78 Å². The van der Waals surface area contributed by atoms with E-state index in [4.69, 9.17) is 9.84 Å². The summed E-state index contributed by atoms with van der Waals surface area (Å²) in [7, 11) is 0. The highest BCUT2D eigenvalue weighted by molar-refractivity contribution is 5.96. The zero-order valence-electron chi connectivity index (χ0n) is 12.7. The Morgan fingerprint density at radius 2 is 1.64 bits per heavy atom. The lowest BCUT2D eigenvalue weighted by Gasteiger charge is -2.07. The van der Waals surface area contributed by atoms with Gasteiger partial charge in [0.1, 0.15) is 12.4 Å². The van der Waals surface area contributed by atoms with Gasteiger partial charge < -0.3 is 9.84 Å². The molecule has 1 N–H and O–H groups in total. The first kappa shape index (κ1) is 16.2. The standard InChI is InChI=1S/C19H22O3/c20-14-6-2-5-9-19(21)17-10-12-18(13-11-17)22-15-16-7-3-1-4-8-16/h1,3-4,7-8,10-13,20H,2,5-6,9,14-15H2. The Morgan fingerprint density at radius 1 is 0.909 bits per heavy atom. The fraction of sp³-hybridized carbons (Fsp3) is 0.316. The highest BCUT2D eigenvalue weighted by atomic mass is 16.5. The minimum Gasteiger partial charge on any atom is -0.489 e. The van der Waals surface area contributed by atoms with Gasteiger partial charge in [-0.3, -0.25) is 4.79 Å². The van der Waals surface area contributed by atoms with Crippen molar-refractivity contribution in [3.8, 4) is 5.75 Å². The predicted molar refractivity (Wildman–Crippen MR) is 87.1 cm³/mol. The number of ether oxygens (including phenoxy) is 1. The molecule has 0 unspecified atom stereocenters. The first-order valence-corrected chi connectivity index (χ1v) is 7.70. The summed E-state index contributed by atoms with van der Waals surface area (Å²) in [6.45, 7) is 0.719. The molecule has 0 aromatic heterocycles. The van der Waals surface area contributed by atoms with E-state index < -0.39 is 0 Å². The first-order valence-electron chi connectivity index (χ1n) is 7.70. The highest BCUT2D eigenvalue weighted by Crippen LogP contribution is 2.16. The monoisotopic (exact) mass is 298 g/mol. The molecule has 0 radical (unpaired) electrons. The highest BCUT2D eigenvalue weighted by Gasteiger charge is 2.05. The summed E-state index contributed by atoms with van der Waals surface area (Å²) < 4.78 is 5.70. The number of aliphatic hydroxyl groups is 1. The van der Waals surface area contributed by atoms with Crippen molar-refractivity contribution in [2.24, 2.45) is 0 Å². The summed E-state index contributed by atoms with van der Waals surface area (Å²) in [4.78, 5) is 12.0. The van der Waals surface area contributed by atoms with Gasteiger partial charge in [-0.25, -0.2) is 0 Å². The molecule has 0 fully saturated rings. The van der Waals surface area contributed by atoms with Gasteiger partial charge in [0.2, 0.25) is 0 Å². The molecule has 2 aromatic carbocycles. The van der Waals surface area contributed by atoms with Crippen molar-refractivity contribution in [3.63, 3.8) is 0 Å². The Bertz CT molecular complexity index is 561. The van der Waals surface area contributed by atoms with Gasteiger partial charge in [0.05, 0.1) is 0 Å². The van der Waals surface area contributed by atoms with Crippen molar-refractivity contribution in [2.45, 2.75) is 32.3 Å². The van der Waals surface area contributed by atoms with Crippen LogP contribution in [0.1, 0.15) is 41.6 Å². The fourth-order valence-electron chi connectivity index (χ4n) is 2.20. The number of aliphatic hydroxyl groups excluding tert-OH is 1. The van der Waals surface area contributed by atoms with E-state index in [9.17, 15) is 4.79 Å². The molecule has 2 aromatic rings. The van der Waals surface area contributed by atoms with E-state index in [1.165, 1.54) is 0 Å². The summed E-state index contributed by atoms with van der Waals surface area (Å²) in [5, 5.41) is 8.71. The van der Waals surface area contributed by atoms with Gasteiger partial charge in [-0.2, -0.15) is 0 Å². The lowest BCUT2D eigenvalue weighted by Crippen LogP contribution is -2.00. The van der Waals surface area contributed by atoms with Gasteiger partial charge in [-0.05, 0) is 42.7 Å². The SMILES string of the molecule is O=C(CCCCCO)c1ccc(OCc2ccccc2)cc1. The molecule has 0 saturated heterocycles. The van der Waals surface area contributed by atoms with Crippen LogP contribution in [0.25, 0.3) is 0 Å². The lowest BCUT2D eigenvalue weighted by atomic mass is 10.0. The summed E-state index contributed by atoms with van der Waals surface area (Å²) in [6.07, 6.45) is 3.01. The molecule has 3 heteroatoms. The number of hydrogen-bond donors (Lipinski definition) is 1. The number of carbonyl (C=O) groups is 1.